The molecule has 0 aromatic carbocycles. The molecule has 1 fully saturated rings. The Kier molecular flexibility index (Phi) is 7.28. The van der Waals surface area contributed by atoms with Crippen molar-refractivity contribution >= 4 is 21.9 Å². The van der Waals surface area contributed by atoms with E-state index in [1.807, 2.05) is 13.8 Å². The summed E-state index contributed by atoms with van der Waals surface area (Å²) in [5.74, 6) is -1.56. The van der Waals surface area contributed by atoms with Crippen LogP contribution in [0.15, 0.2) is 0 Å². The number of aliphatic carboxylic acids is 1. The van der Waals surface area contributed by atoms with Crippen LogP contribution in [-0.2, 0) is 19.6 Å². The van der Waals surface area contributed by atoms with Gasteiger partial charge in [-0.1, -0.05) is 26.7 Å². The van der Waals surface area contributed by atoms with Crippen LogP contribution in [0.4, 0.5) is 0 Å². The van der Waals surface area contributed by atoms with E-state index in [2.05, 4.69) is 5.32 Å². The first-order chi connectivity index (χ1) is 10.3. The summed E-state index contributed by atoms with van der Waals surface area (Å²) in [4.78, 5) is 23.4. The zero-order chi connectivity index (χ0) is 16.8. The topological polar surface area (TPSA) is 104 Å². The van der Waals surface area contributed by atoms with Gasteiger partial charge in [0.15, 0.2) is 0 Å². The second-order valence-electron chi connectivity index (χ2n) is 5.63. The number of sulfonamides is 1. The number of amides is 1. The molecule has 8 heteroatoms. The van der Waals surface area contributed by atoms with E-state index in [4.69, 9.17) is 5.11 Å². The fourth-order valence-electron chi connectivity index (χ4n) is 2.59. The molecule has 7 nitrogen and oxygen atoms in total. The molecule has 0 aliphatic carbocycles. The van der Waals surface area contributed by atoms with Crippen LogP contribution >= 0.6 is 0 Å². The van der Waals surface area contributed by atoms with Crippen LogP contribution in [0, 0.1) is 0 Å². The van der Waals surface area contributed by atoms with E-state index in [1.54, 1.807) is 0 Å². The summed E-state index contributed by atoms with van der Waals surface area (Å²) >= 11 is 0. The minimum Gasteiger partial charge on any atom is -0.480 e. The van der Waals surface area contributed by atoms with Crippen molar-refractivity contribution in [2.75, 3.05) is 12.3 Å². The molecule has 1 aliphatic heterocycles. The molecule has 128 valence electrons. The highest BCUT2D eigenvalue weighted by Gasteiger charge is 2.39. The summed E-state index contributed by atoms with van der Waals surface area (Å²) in [6.07, 6.45) is 3.34. The summed E-state index contributed by atoms with van der Waals surface area (Å²) in [5, 5.41) is 11.6. The van der Waals surface area contributed by atoms with Crippen molar-refractivity contribution in [1.29, 1.82) is 0 Å². The van der Waals surface area contributed by atoms with Crippen molar-refractivity contribution in [1.82, 2.24) is 9.62 Å². The Bertz CT molecular complexity index is 491. The van der Waals surface area contributed by atoms with Crippen molar-refractivity contribution < 1.29 is 23.1 Å². The van der Waals surface area contributed by atoms with Gasteiger partial charge in [0, 0.05) is 6.54 Å². The average Bonchev–Trinajstić information content (AvgIpc) is 2.95. The molecule has 0 aromatic rings. The van der Waals surface area contributed by atoms with Crippen molar-refractivity contribution in [2.45, 2.75) is 64.5 Å². The fourth-order valence-corrected chi connectivity index (χ4v) is 4.48. The highest BCUT2D eigenvalue weighted by molar-refractivity contribution is 7.89. The van der Waals surface area contributed by atoms with E-state index < -0.39 is 34.0 Å². The van der Waals surface area contributed by atoms with E-state index >= 15 is 0 Å². The van der Waals surface area contributed by atoms with Gasteiger partial charge in [0.1, 0.15) is 12.1 Å². The molecule has 1 heterocycles. The lowest BCUT2D eigenvalue weighted by atomic mass is 10.1. The molecule has 1 amide bonds. The molecule has 2 unspecified atom stereocenters. The van der Waals surface area contributed by atoms with Crippen LogP contribution in [0.1, 0.15) is 52.4 Å². The molecule has 0 saturated carbocycles. The van der Waals surface area contributed by atoms with Crippen LogP contribution in [-0.4, -0.2) is 54.1 Å². The third-order valence-electron chi connectivity index (χ3n) is 3.81. The maximum Gasteiger partial charge on any atom is 0.326 e. The number of carbonyl (C=O) groups is 2. The third kappa shape index (κ3) is 4.95. The molecule has 1 rings (SSSR count). The van der Waals surface area contributed by atoms with E-state index in [0.717, 1.165) is 6.42 Å². The standard InChI is InChI=1S/C14H26N2O5S/c1-3-5-10-22(20,21)16-9-6-8-12(16)13(17)15-11(7-4-2)14(18)19/h11-12H,3-10H2,1-2H3,(H,15,17)(H,18,19). The average molecular weight is 334 g/mol. The number of nitrogens with one attached hydrogen (secondary N) is 1. The van der Waals surface area contributed by atoms with Gasteiger partial charge in [0.05, 0.1) is 5.75 Å². The van der Waals surface area contributed by atoms with Gasteiger partial charge in [-0.05, 0) is 25.7 Å². The Morgan fingerprint density at radius 1 is 1.32 bits per heavy atom. The summed E-state index contributed by atoms with van der Waals surface area (Å²) in [7, 11) is -3.46. The van der Waals surface area contributed by atoms with Gasteiger partial charge >= 0.3 is 5.97 Å². The SMILES string of the molecule is CCCCS(=O)(=O)N1CCCC1C(=O)NC(CCC)C(=O)O. The second-order valence-corrected chi connectivity index (χ2v) is 7.67. The van der Waals surface area contributed by atoms with Gasteiger partial charge in [-0.3, -0.25) is 4.79 Å². The summed E-state index contributed by atoms with van der Waals surface area (Å²) in [6, 6.07) is -1.74. The minimum atomic E-state index is -3.46. The normalized spacial score (nSPS) is 20.7. The Balaban J connectivity index is 2.77. The van der Waals surface area contributed by atoms with Gasteiger partial charge in [0.25, 0.3) is 0 Å². The highest BCUT2D eigenvalue weighted by Crippen LogP contribution is 2.22. The molecular formula is C14H26N2O5S. The van der Waals surface area contributed by atoms with Crippen LogP contribution in [0.2, 0.25) is 0 Å². The van der Waals surface area contributed by atoms with E-state index in [9.17, 15) is 18.0 Å². The maximum atomic E-state index is 12.3. The minimum absolute atomic E-state index is 0.0323. The Labute approximate surface area is 132 Å². The van der Waals surface area contributed by atoms with Crippen molar-refractivity contribution in [3.05, 3.63) is 0 Å². The monoisotopic (exact) mass is 334 g/mol. The van der Waals surface area contributed by atoms with Crippen LogP contribution in [0.5, 0.6) is 0 Å². The zero-order valence-corrected chi connectivity index (χ0v) is 14.1. The molecule has 2 N–H and O–H groups in total. The predicted octanol–water partition coefficient (Wildman–Crippen LogP) is 0.950. The smallest absolute Gasteiger partial charge is 0.326 e. The number of carboxylic acids is 1. The lowest BCUT2D eigenvalue weighted by Crippen LogP contribution is -2.51. The predicted molar refractivity (Wildman–Crippen MR) is 82.9 cm³/mol. The van der Waals surface area contributed by atoms with Crippen LogP contribution < -0.4 is 5.32 Å². The first-order valence-corrected chi connectivity index (χ1v) is 9.47. The lowest BCUT2D eigenvalue weighted by molar-refractivity contribution is -0.142. The summed E-state index contributed by atoms with van der Waals surface area (Å²) in [6.45, 7) is 4.07. The van der Waals surface area contributed by atoms with Crippen molar-refractivity contribution in [2.24, 2.45) is 0 Å². The van der Waals surface area contributed by atoms with Crippen LogP contribution in [0.25, 0.3) is 0 Å². The largest absolute Gasteiger partial charge is 0.480 e. The molecule has 0 bridgehead atoms. The van der Waals surface area contributed by atoms with Crippen molar-refractivity contribution in [3.8, 4) is 0 Å². The van der Waals surface area contributed by atoms with Gasteiger partial charge in [-0.15, -0.1) is 0 Å². The molecule has 0 radical (unpaired) electrons. The van der Waals surface area contributed by atoms with E-state index in [-0.39, 0.29) is 5.75 Å². The molecule has 0 aromatic heterocycles. The third-order valence-corrected chi connectivity index (χ3v) is 5.77. The number of unbranched alkanes of at least 4 members (excludes halogenated alkanes) is 1. The number of carbonyl (C=O) groups excluding carboxylic acids is 1. The molecule has 2 atom stereocenters. The van der Waals surface area contributed by atoms with Gasteiger partial charge in [-0.2, -0.15) is 4.31 Å². The van der Waals surface area contributed by atoms with Gasteiger partial charge in [0.2, 0.25) is 15.9 Å². The van der Waals surface area contributed by atoms with E-state index in [1.165, 1.54) is 4.31 Å². The Hall–Kier alpha value is -1.15. The van der Waals surface area contributed by atoms with Gasteiger partial charge < -0.3 is 10.4 Å². The molecule has 1 aliphatic rings. The first kappa shape index (κ1) is 18.9. The Morgan fingerprint density at radius 2 is 2.00 bits per heavy atom. The number of rotatable bonds is 9. The van der Waals surface area contributed by atoms with Crippen molar-refractivity contribution in [3.63, 3.8) is 0 Å². The molecule has 0 spiro atoms. The number of hydrogen-bond acceptors (Lipinski definition) is 4. The maximum absolute atomic E-state index is 12.3. The Morgan fingerprint density at radius 3 is 2.55 bits per heavy atom. The second kappa shape index (κ2) is 8.47. The summed E-state index contributed by atoms with van der Waals surface area (Å²) in [5.41, 5.74) is 0. The number of hydrogen-bond donors (Lipinski definition) is 2. The van der Waals surface area contributed by atoms with E-state index in [0.29, 0.717) is 38.6 Å². The number of carboxylic acid groups (broad SMARTS) is 1. The fraction of sp³-hybridized carbons (Fsp3) is 0.857. The highest BCUT2D eigenvalue weighted by atomic mass is 32.2. The van der Waals surface area contributed by atoms with Crippen LogP contribution in [0.3, 0.4) is 0 Å². The lowest BCUT2D eigenvalue weighted by Gasteiger charge is -2.24. The summed E-state index contributed by atoms with van der Waals surface area (Å²) < 4.78 is 25.8. The molecule has 22 heavy (non-hydrogen) atoms. The molecular weight excluding hydrogens is 308 g/mol. The molecule has 1 saturated heterocycles. The van der Waals surface area contributed by atoms with Gasteiger partial charge in [-0.25, -0.2) is 13.2 Å². The number of nitrogens with zero attached hydrogens (tertiary/aromatic N) is 1. The quantitative estimate of drug-likeness (QED) is 0.653. The zero-order valence-electron chi connectivity index (χ0n) is 13.2. The first-order valence-electron chi connectivity index (χ1n) is 7.86.